The Hall–Kier alpha value is -1.91. The molecule has 4 heteroatoms. The molecule has 0 saturated carbocycles. The van der Waals surface area contributed by atoms with Gasteiger partial charge in [0.05, 0.1) is 13.0 Å². The molecule has 0 unspecified atom stereocenters. The van der Waals surface area contributed by atoms with Crippen LogP contribution in [-0.4, -0.2) is 27.0 Å². The number of rotatable bonds is 6. The maximum Gasteiger partial charge on any atom is 0.306 e. The lowest BCUT2D eigenvalue weighted by Crippen LogP contribution is -2.67. The fourth-order valence-electron chi connectivity index (χ4n) is 4.20. The smallest absolute Gasteiger partial charge is 0.306 e. The molecule has 2 aromatic carbocycles. The van der Waals surface area contributed by atoms with Crippen LogP contribution in [0, 0.1) is 5.92 Å². The van der Waals surface area contributed by atoms with Crippen molar-refractivity contribution in [2.45, 2.75) is 51.7 Å². The molecule has 1 saturated heterocycles. The van der Waals surface area contributed by atoms with Crippen molar-refractivity contribution in [3.05, 3.63) is 60.7 Å². The molecule has 2 atom stereocenters. The van der Waals surface area contributed by atoms with E-state index < -0.39 is 8.32 Å². The van der Waals surface area contributed by atoms with E-state index in [1.54, 1.807) is 0 Å². The second-order valence-corrected chi connectivity index (χ2v) is 12.7. The first-order valence-electron chi connectivity index (χ1n) is 9.83. The minimum absolute atomic E-state index is 0.0694. The molecule has 0 amide bonds. The van der Waals surface area contributed by atoms with Gasteiger partial charge in [-0.15, -0.1) is 0 Å². The van der Waals surface area contributed by atoms with E-state index >= 15 is 0 Å². The highest BCUT2D eigenvalue weighted by atomic mass is 28.4. The Labute approximate surface area is 163 Å². The summed E-state index contributed by atoms with van der Waals surface area (Å²) in [5, 5.41) is 2.43. The van der Waals surface area contributed by atoms with Crippen LogP contribution >= 0.6 is 0 Å². The Balaban J connectivity index is 2.03. The number of cyclic esters (lactones) is 1. The van der Waals surface area contributed by atoms with Crippen LogP contribution in [0.15, 0.2) is 60.7 Å². The normalized spacial score (nSPS) is 20.5. The average molecular weight is 383 g/mol. The van der Waals surface area contributed by atoms with Crippen LogP contribution in [-0.2, 0) is 14.0 Å². The molecule has 0 bridgehead atoms. The molecule has 3 nitrogen and oxygen atoms in total. The Kier molecular flexibility index (Phi) is 5.87. The van der Waals surface area contributed by atoms with Crippen LogP contribution in [0.1, 0.15) is 40.5 Å². The van der Waals surface area contributed by atoms with Crippen LogP contribution in [0.5, 0.6) is 0 Å². The minimum atomic E-state index is -2.57. The van der Waals surface area contributed by atoms with Crippen molar-refractivity contribution < 1.29 is 14.0 Å². The van der Waals surface area contributed by atoms with Gasteiger partial charge < -0.3 is 9.16 Å². The molecular weight excluding hydrogens is 352 g/mol. The fraction of sp³-hybridized carbons (Fsp3) is 0.435. The molecule has 27 heavy (non-hydrogen) atoms. The fourth-order valence-corrected chi connectivity index (χ4v) is 8.77. The monoisotopic (exact) mass is 382 g/mol. The van der Waals surface area contributed by atoms with Gasteiger partial charge in [0.1, 0.15) is 6.10 Å². The van der Waals surface area contributed by atoms with Gasteiger partial charge in [-0.25, -0.2) is 0 Å². The number of carbonyl (C=O) groups excluding carboxylic acids is 1. The molecule has 0 radical (unpaired) electrons. The summed E-state index contributed by atoms with van der Waals surface area (Å²) in [5.74, 6) is 0.147. The molecule has 1 heterocycles. The van der Waals surface area contributed by atoms with Gasteiger partial charge in [0.25, 0.3) is 8.32 Å². The number of benzene rings is 2. The Morgan fingerprint density at radius 1 is 1.00 bits per heavy atom. The Morgan fingerprint density at radius 2 is 1.52 bits per heavy atom. The number of ether oxygens (including phenoxy) is 1. The topological polar surface area (TPSA) is 35.5 Å². The van der Waals surface area contributed by atoms with Crippen LogP contribution in [0.3, 0.4) is 0 Å². The lowest BCUT2D eigenvalue weighted by atomic mass is 9.99. The van der Waals surface area contributed by atoms with Crippen LogP contribution in [0.2, 0.25) is 5.04 Å². The number of hydrogen-bond donors (Lipinski definition) is 0. The summed E-state index contributed by atoms with van der Waals surface area (Å²) in [6.45, 7) is 9.35. The quantitative estimate of drug-likeness (QED) is 0.561. The SMILES string of the molecule is CC[C@H]1CC(=O)O[C@@H]1CO[Si](c1ccccc1)(c1ccccc1)C(C)(C)C. The molecule has 0 spiro atoms. The first-order valence-corrected chi connectivity index (χ1v) is 11.7. The van der Waals surface area contributed by atoms with Gasteiger partial charge in [0.2, 0.25) is 0 Å². The van der Waals surface area contributed by atoms with E-state index in [2.05, 4.69) is 76.2 Å². The summed E-state index contributed by atoms with van der Waals surface area (Å²) >= 11 is 0. The van der Waals surface area contributed by atoms with Crippen molar-refractivity contribution in [2.24, 2.45) is 5.92 Å². The van der Waals surface area contributed by atoms with Crippen LogP contribution in [0.4, 0.5) is 0 Å². The van der Waals surface area contributed by atoms with E-state index in [4.69, 9.17) is 9.16 Å². The molecule has 3 rings (SSSR count). The molecule has 0 aliphatic carbocycles. The average Bonchev–Trinajstić information content (AvgIpc) is 3.03. The number of esters is 1. The summed E-state index contributed by atoms with van der Waals surface area (Å²) in [5.41, 5.74) is 0. The summed E-state index contributed by atoms with van der Waals surface area (Å²) in [4.78, 5) is 11.8. The predicted octanol–water partition coefficient (Wildman–Crippen LogP) is 3.90. The highest BCUT2D eigenvalue weighted by molar-refractivity contribution is 6.99. The second kappa shape index (κ2) is 7.99. The summed E-state index contributed by atoms with van der Waals surface area (Å²) < 4.78 is 12.5. The Morgan fingerprint density at radius 3 is 1.96 bits per heavy atom. The third-order valence-electron chi connectivity index (χ3n) is 5.64. The van der Waals surface area contributed by atoms with Crippen LogP contribution in [0.25, 0.3) is 0 Å². The first kappa shape index (κ1) is 19.8. The Bertz CT molecular complexity index is 713. The van der Waals surface area contributed by atoms with Gasteiger partial charge in [0, 0.05) is 5.92 Å². The van der Waals surface area contributed by atoms with Crippen LogP contribution < -0.4 is 10.4 Å². The molecule has 0 aromatic heterocycles. The molecule has 2 aromatic rings. The highest BCUT2D eigenvalue weighted by Gasteiger charge is 2.51. The minimum Gasteiger partial charge on any atom is -0.460 e. The van der Waals surface area contributed by atoms with Gasteiger partial charge in [-0.2, -0.15) is 0 Å². The third kappa shape index (κ3) is 3.87. The van der Waals surface area contributed by atoms with E-state index in [0.717, 1.165) is 6.42 Å². The zero-order chi connectivity index (χ0) is 19.5. The zero-order valence-electron chi connectivity index (χ0n) is 16.8. The van der Waals surface area contributed by atoms with Gasteiger partial charge >= 0.3 is 5.97 Å². The molecular formula is C23H30O3Si. The van der Waals surface area contributed by atoms with Gasteiger partial charge in [-0.05, 0) is 21.8 Å². The molecule has 1 fully saturated rings. The summed E-state index contributed by atoms with van der Waals surface area (Å²) in [6, 6.07) is 21.2. The second-order valence-electron chi connectivity index (χ2n) is 8.38. The van der Waals surface area contributed by atoms with Crippen molar-refractivity contribution in [1.82, 2.24) is 0 Å². The van der Waals surface area contributed by atoms with Gasteiger partial charge in [-0.1, -0.05) is 88.4 Å². The van der Waals surface area contributed by atoms with Gasteiger partial charge in [-0.3, -0.25) is 4.79 Å². The largest absolute Gasteiger partial charge is 0.460 e. The molecule has 0 N–H and O–H groups in total. The summed E-state index contributed by atoms with van der Waals surface area (Å²) in [6.07, 6.45) is 1.29. The van der Waals surface area contributed by atoms with Gasteiger partial charge in [0.15, 0.2) is 0 Å². The number of carbonyl (C=O) groups is 1. The molecule has 1 aliphatic rings. The maximum absolute atomic E-state index is 11.8. The number of hydrogen-bond acceptors (Lipinski definition) is 3. The zero-order valence-corrected chi connectivity index (χ0v) is 17.8. The van der Waals surface area contributed by atoms with E-state index in [0.29, 0.717) is 13.0 Å². The lowest BCUT2D eigenvalue weighted by molar-refractivity contribution is -0.142. The first-order chi connectivity index (χ1) is 12.9. The van der Waals surface area contributed by atoms with E-state index in [1.807, 2.05) is 12.1 Å². The standard InChI is InChI=1S/C23H30O3Si/c1-5-18-16-22(24)26-21(18)17-25-27(23(2,3)4,19-12-8-6-9-13-19)20-14-10-7-11-15-20/h6-15,18,21H,5,16-17H2,1-4H3/t18-,21+/m0/s1. The van der Waals surface area contributed by atoms with Crippen molar-refractivity contribution in [2.75, 3.05) is 6.61 Å². The lowest BCUT2D eigenvalue weighted by Gasteiger charge is -2.43. The molecule has 1 aliphatic heterocycles. The van der Waals surface area contributed by atoms with Crippen molar-refractivity contribution >= 4 is 24.7 Å². The van der Waals surface area contributed by atoms with E-state index in [1.165, 1.54) is 10.4 Å². The summed E-state index contributed by atoms with van der Waals surface area (Å²) in [7, 11) is -2.57. The molecule has 144 valence electrons. The van der Waals surface area contributed by atoms with Crippen molar-refractivity contribution in [3.8, 4) is 0 Å². The maximum atomic E-state index is 11.8. The van der Waals surface area contributed by atoms with Crippen molar-refractivity contribution in [3.63, 3.8) is 0 Å². The van der Waals surface area contributed by atoms with E-state index in [9.17, 15) is 4.79 Å². The van der Waals surface area contributed by atoms with Crippen molar-refractivity contribution in [1.29, 1.82) is 0 Å². The predicted molar refractivity (Wildman–Crippen MR) is 112 cm³/mol. The highest BCUT2D eigenvalue weighted by Crippen LogP contribution is 2.37. The third-order valence-corrected chi connectivity index (χ3v) is 10.6. The van der Waals surface area contributed by atoms with E-state index in [-0.39, 0.29) is 23.0 Å².